The van der Waals surface area contributed by atoms with Crippen molar-refractivity contribution in [2.45, 2.75) is 46.5 Å². The monoisotopic (exact) mass is 406 g/mol. The van der Waals surface area contributed by atoms with Gasteiger partial charge in [0.25, 0.3) is 0 Å². The summed E-state index contributed by atoms with van der Waals surface area (Å²) in [6.45, 7) is 8.16. The molecule has 1 aromatic heterocycles. The molecule has 0 aliphatic carbocycles. The number of hydrogen-bond acceptors (Lipinski definition) is 4. The lowest BCUT2D eigenvalue weighted by Crippen LogP contribution is -2.36. The van der Waals surface area contributed by atoms with Crippen LogP contribution in [0.15, 0.2) is 60.1 Å². The number of hydrogen-bond donors (Lipinski definition) is 2. The Morgan fingerprint density at radius 2 is 1.90 bits per heavy atom. The minimum Gasteiger partial charge on any atom is -0.491 e. The van der Waals surface area contributed by atoms with Crippen molar-refractivity contribution in [3.8, 4) is 5.75 Å². The van der Waals surface area contributed by atoms with E-state index in [1.807, 2.05) is 18.5 Å². The lowest BCUT2D eigenvalue weighted by molar-refractivity contribution is 0.239. The van der Waals surface area contributed by atoms with E-state index in [0.29, 0.717) is 19.6 Å². The van der Waals surface area contributed by atoms with Gasteiger partial charge < -0.3 is 15.4 Å². The topological polar surface area (TPSA) is 76.4 Å². The number of ether oxygens (including phenoxy) is 1. The normalized spacial score (nSPS) is 11.6. The molecule has 30 heavy (non-hydrogen) atoms. The molecule has 0 bridgehead atoms. The minimum absolute atomic E-state index is 0.132. The molecule has 0 aliphatic rings. The summed E-state index contributed by atoms with van der Waals surface area (Å²) in [5.74, 6) is 1.65. The molecule has 2 aromatic carbocycles. The zero-order valence-corrected chi connectivity index (χ0v) is 18.1. The Morgan fingerprint density at radius 3 is 2.63 bits per heavy atom. The number of rotatable bonds is 8. The first kappa shape index (κ1) is 21.4. The predicted molar refractivity (Wildman–Crippen MR) is 120 cm³/mol. The van der Waals surface area contributed by atoms with Gasteiger partial charge in [0.2, 0.25) is 0 Å². The van der Waals surface area contributed by atoms with Gasteiger partial charge in [-0.3, -0.25) is 4.99 Å². The second kappa shape index (κ2) is 10.4. The number of aliphatic imine (C=N–C) groups is 1. The van der Waals surface area contributed by atoms with E-state index in [2.05, 4.69) is 75.1 Å². The molecule has 7 heteroatoms. The summed E-state index contributed by atoms with van der Waals surface area (Å²) in [4.78, 5) is 8.33. The molecule has 0 fully saturated rings. The van der Waals surface area contributed by atoms with E-state index in [9.17, 15) is 0 Å². The molecule has 0 unspecified atom stereocenters. The fourth-order valence-electron chi connectivity index (χ4n) is 3.10. The van der Waals surface area contributed by atoms with Gasteiger partial charge in [-0.05, 0) is 43.5 Å². The summed E-state index contributed by atoms with van der Waals surface area (Å²) in [6.07, 6.45) is 3.40. The molecule has 0 atom stereocenters. The Bertz CT molecular complexity index is 966. The van der Waals surface area contributed by atoms with Crippen molar-refractivity contribution in [1.29, 1.82) is 0 Å². The van der Waals surface area contributed by atoms with E-state index in [1.165, 1.54) is 16.7 Å². The van der Waals surface area contributed by atoms with Crippen molar-refractivity contribution >= 4 is 5.96 Å². The summed E-state index contributed by atoms with van der Waals surface area (Å²) in [7, 11) is 1.77. The molecular weight excluding hydrogens is 376 g/mol. The lowest BCUT2D eigenvalue weighted by Gasteiger charge is -2.17. The second-order valence-electron chi connectivity index (χ2n) is 7.47. The van der Waals surface area contributed by atoms with Gasteiger partial charge >= 0.3 is 0 Å². The summed E-state index contributed by atoms with van der Waals surface area (Å²) >= 11 is 0. The fraction of sp³-hybridized carbons (Fsp3) is 0.348. The van der Waals surface area contributed by atoms with Crippen LogP contribution in [0.5, 0.6) is 5.75 Å². The van der Waals surface area contributed by atoms with Gasteiger partial charge in [-0.15, -0.1) is 0 Å². The Morgan fingerprint density at radius 1 is 1.10 bits per heavy atom. The van der Waals surface area contributed by atoms with Crippen LogP contribution in [0, 0.1) is 6.92 Å². The maximum Gasteiger partial charge on any atom is 0.191 e. The van der Waals surface area contributed by atoms with Gasteiger partial charge in [-0.25, -0.2) is 9.67 Å². The summed E-state index contributed by atoms with van der Waals surface area (Å²) in [5, 5.41) is 10.9. The highest BCUT2D eigenvalue weighted by Crippen LogP contribution is 2.21. The second-order valence-corrected chi connectivity index (χ2v) is 7.47. The van der Waals surface area contributed by atoms with Gasteiger partial charge in [-0.1, -0.05) is 36.4 Å². The van der Waals surface area contributed by atoms with Crippen molar-refractivity contribution in [2.24, 2.45) is 4.99 Å². The average molecular weight is 407 g/mol. The molecule has 0 amide bonds. The van der Waals surface area contributed by atoms with Crippen molar-refractivity contribution in [2.75, 3.05) is 7.05 Å². The van der Waals surface area contributed by atoms with E-state index in [1.54, 1.807) is 19.7 Å². The maximum absolute atomic E-state index is 5.97. The van der Waals surface area contributed by atoms with Crippen LogP contribution in [-0.4, -0.2) is 33.9 Å². The standard InChI is InChI=1S/C23H30N6O/c1-17(2)30-22-10-18(3)8-9-21(22)13-27-23(24-4)26-12-19-6-5-7-20(11-19)14-29-16-25-15-28-29/h5-11,15-17H,12-14H2,1-4H3,(H2,24,26,27). The predicted octanol–water partition coefficient (Wildman–Crippen LogP) is 3.29. The maximum atomic E-state index is 5.97. The molecule has 0 radical (unpaired) electrons. The average Bonchev–Trinajstić information content (AvgIpc) is 3.22. The molecule has 0 saturated carbocycles. The quantitative estimate of drug-likeness (QED) is 0.443. The van der Waals surface area contributed by atoms with Gasteiger partial charge in [0.05, 0.1) is 12.6 Å². The van der Waals surface area contributed by atoms with Crippen LogP contribution in [0.1, 0.15) is 36.1 Å². The van der Waals surface area contributed by atoms with Crippen molar-refractivity contribution < 1.29 is 4.74 Å². The Balaban J connectivity index is 1.57. The van der Waals surface area contributed by atoms with Crippen LogP contribution in [0.3, 0.4) is 0 Å². The number of nitrogens with one attached hydrogen (secondary N) is 2. The lowest BCUT2D eigenvalue weighted by atomic mass is 10.1. The third-order valence-corrected chi connectivity index (χ3v) is 4.52. The Labute approximate surface area is 178 Å². The fourth-order valence-corrected chi connectivity index (χ4v) is 3.10. The summed E-state index contributed by atoms with van der Waals surface area (Å²) in [6, 6.07) is 14.7. The molecule has 7 nitrogen and oxygen atoms in total. The van der Waals surface area contributed by atoms with E-state index in [4.69, 9.17) is 4.74 Å². The first-order chi connectivity index (χ1) is 14.5. The van der Waals surface area contributed by atoms with Crippen LogP contribution in [0.2, 0.25) is 0 Å². The van der Waals surface area contributed by atoms with Crippen molar-refractivity contribution in [3.05, 3.63) is 77.4 Å². The molecule has 1 heterocycles. The SMILES string of the molecule is CN=C(NCc1cccc(Cn2cncn2)c1)NCc1ccc(C)cc1OC(C)C. The molecule has 3 aromatic rings. The third kappa shape index (κ3) is 6.34. The highest BCUT2D eigenvalue weighted by molar-refractivity contribution is 5.79. The van der Waals surface area contributed by atoms with E-state index in [-0.39, 0.29) is 6.10 Å². The van der Waals surface area contributed by atoms with Gasteiger partial charge in [0.15, 0.2) is 5.96 Å². The molecule has 0 saturated heterocycles. The van der Waals surface area contributed by atoms with E-state index >= 15 is 0 Å². The zero-order chi connectivity index (χ0) is 21.3. The highest BCUT2D eigenvalue weighted by atomic mass is 16.5. The van der Waals surface area contributed by atoms with E-state index in [0.717, 1.165) is 17.3 Å². The van der Waals surface area contributed by atoms with Crippen molar-refractivity contribution in [3.63, 3.8) is 0 Å². The van der Waals surface area contributed by atoms with Gasteiger partial charge in [0.1, 0.15) is 18.4 Å². The van der Waals surface area contributed by atoms with Crippen LogP contribution in [0.25, 0.3) is 0 Å². The van der Waals surface area contributed by atoms with Crippen LogP contribution >= 0.6 is 0 Å². The van der Waals surface area contributed by atoms with E-state index < -0.39 is 0 Å². The highest BCUT2D eigenvalue weighted by Gasteiger charge is 2.08. The first-order valence-corrected chi connectivity index (χ1v) is 10.1. The Kier molecular flexibility index (Phi) is 7.43. The van der Waals surface area contributed by atoms with Crippen LogP contribution < -0.4 is 15.4 Å². The molecule has 0 aliphatic heterocycles. The molecule has 3 rings (SSSR count). The number of guanidine groups is 1. The van der Waals surface area contributed by atoms with Gasteiger partial charge in [-0.2, -0.15) is 5.10 Å². The smallest absolute Gasteiger partial charge is 0.191 e. The third-order valence-electron chi connectivity index (χ3n) is 4.52. The summed E-state index contributed by atoms with van der Waals surface area (Å²) in [5.41, 5.74) is 4.64. The molecule has 158 valence electrons. The number of benzene rings is 2. The number of nitrogens with zero attached hydrogens (tertiary/aromatic N) is 4. The molecular formula is C23H30N6O. The summed E-state index contributed by atoms with van der Waals surface area (Å²) < 4.78 is 7.78. The van der Waals surface area contributed by atoms with Crippen LogP contribution in [0.4, 0.5) is 0 Å². The number of aryl methyl sites for hydroxylation is 1. The number of aromatic nitrogens is 3. The van der Waals surface area contributed by atoms with Crippen LogP contribution in [-0.2, 0) is 19.6 Å². The Hall–Kier alpha value is -3.35. The molecule has 0 spiro atoms. The molecule has 2 N–H and O–H groups in total. The van der Waals surface area contributed by atoms with Crippen molar-refractivity contribution in [1.82, 2.24) is 25.4 Å². The largest absolute Gasteiger partial charge is 0.491 e. The van der Waals surface area contributed by atoms with Gasteiger partial charge in [0, 0.05) is 25.7 Å². The minimum atomic E-state index is 0.132. The first-order valence-electron chi connectivity index (χ1n) is 10.1. The zero-order valence-electron chi connectivity index (χ0n) is 18.1.